The second-order valence-electron chi connectivity index (χ2n) is 6.94. The molecule has 4 rings (SSSR count). The molecule has 2 heterocycles. The molecular formula is C20H23N5O. The first-order valence-electron chi connectivity index (χ1n) is 8.86. The number of aromatic amines is 1. The van der Waals surface area contributed by atoms with E-state index in [0.717, 1.165) is 56.3 Å². The van der Waals surface area contributed by atoms with Gasteiger partial charge in [0.1, 0.15) is 11.6 Å². The largest absolute Gasteiger partial charge is 0.404 e. The molecule has 6 heteroatoms. The Morgan fingerprint density at radius 1 is 1.35 bits per heavy atom. The number of aromatic nitrogens is 3. The van der Waals surface area contributed by atoms with Crippen molar-refractivity contribution < 1.29 is 4.52 Å². The van der Waals surface area contributed by atoms with Crippen molar-refractivity contribution >= 4 is 16.7 Å². The molecule has 1 saturated carbocycles. The maximum atomic E-state index is 5.78. The van der Waals surface area contributed by atoms with Gasteiger partial charge in [-0.2, -0.15) is 0 Å². The summed E-state index contributed by atoms with van der Waals surface area (Å²) in [6, 6.07) is 4.24. The van der Waals surface area contributed by atoms with Gasteiger partial charge in [0.25, 0.3) is 0 Å². The molecule has 1 aromatic carbocycles. The predicted octanol–water partition coefficient (Wildman–Crippen LogP) is 3.99. The minimum absolute atomic E-state index is 0.547. The Hall–Kier alpha value is -2.89. The Morgan fingerprint density at radius 2 is 2.12 bits per heavy atom. The molecule has 0 bridgehead atoms. The van der Waals surface area contributed by atoms with E-state index in [4.69, 9.17) is 15.2 Å². The molecule has 1 aliphatic carbocycles. The van der Waals surface area contributed by atoms with Gasteiger partial charge in [-0.15, -0.1) is 0 Å². The highest BCUT2D eigenvalue weighted by molar-refractivity contribution is 6.18. The number of nitrogens with zero attached hydrogens (tertiary/aromatic N) is 3. The molecule has 0 saturated heterocycles. The summed E-state index contributed by atoms with van der Waals surface area (Å²) in [5.74, 6) is 2.41. The van der Waals surface area contributed by atoms with Crippen molar-refractivity contribution in [1.82, 2.24) is 15.1 Å². The van der Waals surface area contributed by atoms with Gasteiger partial charge in [0.05, 0.1) is 22.4 Å². The van der Waals surface area contributed by atoms with Crippen molar-refractivity contribution in [3.8, 4) is 11.1 Å². The van der Waals surface area contributed by atoms with E-state index < -0.39 is 0 Å². The number of nitrogens with two attached hydrogens (primary N) is 1. The van der Waals surface area contributed by atoms with Crippen LogP contribution in [-0.4, -0.2) is 27.9 Å². The molecule has 0 radical (unpaired) electrons. The third-order valence-corrected chi connectivity index (χ3v) is 4.99. The Kier molecular flexibility index (Phi) is 3.90. The first kappa shape index (κ1) is 16.6. The molecule has 3 aromatic rings. The maximum absolute atomic E-state index is 5.78. The summed E-state index contributed by atoms with van der Waals surface area (Å²) in [5.41, 5.74) is 13.4. The maximum Gasteiger partial charge on any atom is 0.141 e. The molecule has 0 spiro atoms. The number of benzene rings is 1. The van der Waals surface area contributed by atoms with E-state index in [1.807, 2.05) is 20.8 Å². The molecule has 1 fully saturated rings. The number of fused-ring (bicyclic) bond motifs is 1. The van der Waals surface area contributed by atoms with Crippen molar-refractivity contribution in [1.29, 1.82) is 0 Å². The summed E-state index contributed by atoms with van der Waals surface area (Å²) in [6.07, 6.45) is 3.98. The van der Waals surface area contributed by atoms with Crippen LogP contribution in [0.1, 0.15) is 48.5 Å². The van der Waals surface area contributed by atoms with E-state index in [-0.39, 0.29) is 0 Å². The zero-order valence-electron chi connectivity index (χ0n) is 15.6. The summed E-state index contributed by atoms with van der Waals surface area (Å²) < 4.78 is 5.37. The van der Waals surface area contributed by atoms with E-state index in [0.29, 0.717) is 5.92 Å². The van der Waals surface area contributed by atoms with Crippen LogP contribution in [-0.2, 0) is 0 Å². The number of H-pyrrole nitrogens is 1. The number of hydrogen-bond acceptors (Lipinski definition) is 5. The van der Waals surface area contributed by atoms with E-state index in [1.54, 1.807) is 13.2 Å². The van der Waals surface area contributed by atoms with Gasteiger partial charge in [0.2, 0.25) is 0 Å². The summed E-state index contributed by atoms with van der Waals surface area (Å²) >= 11 is 0. The van der Waals surface area contributed by atoms with Crippen molar-refractivity contribution in [3.63, 3.8) is 0 Å². The molecule has 0 atom stereocenters. The predicted molar refractivity (Wildman–Crippen MR) is 103 cm³/mol. The topological polar surface area (TPSA) is 93.1 Å². The fraction of sp³-hybridized carbons (Fsp3) is 0.350. The number of imidazole rings is 1. The smallest absolute Gasteiger partial charge is 0.141 e. The number of rotatable bonds is 4. The molecular weight excluding hydrogens is 326 g/mol. The Balaban J connectivity index is 2.01. The fourth-order valence-corrected chi connectivity index (χ4v) is 3.49. The quantitative estimate of drug-likeness (QED) is 0.696. The molecule has 3 N–H and O–H groups in total. The zero-order valence-corrected chi connectivity index (χ0v) is 15.6. The minimum atomic E-state index is 0.547. The molecule has 0 aliphatic heterocycles. The van der Waals surface area contributed by atoms with E-state index in [2.05, 4.69) is 27.3 Å². The van der Waals surface area contributed by atoms with Gasteiger partial charge in [-0.05, 0) is 63.1 Å². The monoisotopic (exact) mass is 349 g/mol. The Labute approximate surface area is 152 Å². The van der Waals surface area contributed by atoms with E-state index >= 15 is 0 Å². The molecule has 0 unspecified atom stereocenters. The van der Waals surface area contributed by atoms with Gasteiger partial charge in [-0.25, -0.2) is 4.98 Å². The SMILES string of the molecule is CN=C(C(C)=CN)c1cc(-c2c(C)noc2C)cc2[nH]c(C3CC3)nc12. The second-order valence-corrected chi connectivity index (χ2v) is 6.94. The Morgan fingerprint density at radius 3 is 2.69 bits per heavy atom. The first-order chi connectivity index (χ1) is 12.5. The molecule has 26 heavy (non-hydrogen) atoms. The third kappa shape index (κ3) is 2.62. The van der Waals surface area contributed by atoms with Crippen LogP contribution in [0.25, 0.3) is 22.2 Å². The van der Waals surface area contributed by atoms with Crippen molar-refractivity contribution in [2.75, 3.05) is 7.05 Å². The number of aryl methyl sites for hydroxylation is 2. The molecule has 6 nitrogen and oxygen atoms in total. The highest BCUT2D eigenvalue weighted by Crippen LogP contribution is 2.40. The lowest BCUT2D eigenvalue weighted by Gasteiger charge is -2.10. The average Bonchev–Trinajstić information content (AvgIpc) is 3.31. The number of aliphatic imine (C=N–C) groups is 1. The van der Waals surface area contributed by atoms with Crippen LogP contribution in [0.4, 0.5) is 0 Å². The summed E-state index contributed by atoms with van der Waals surface area (Å²) in [6.45, 7) is 5.85. The lowest BCUT2D eigenvalue weighted by Crippen LogP contribution is -2.06. The van der Waals surface area contributed by atoms with Gasteiger partial charge < -0.3 is 15.2 Å². The molecule has 0 amide bonds. The number of allylic oxidation sites excluding steroid dienone is 1. The van der Waals surface area contributed by atoms with Crippen LogP contribution < -0.4 is 5.73 Å². The second kappa shape index (κ2) is 6.12. The van der Waals surface area contributed by atoms with Crippen molar-refractivity contribution in [2.45, 2.75) is 39.5 Å². The zero-order chi connectivity index (χ0) is 18.4. The summed E-state index contributed by atoms with van der Waals surface area (Å²) in [7, 11) is 1.78. The van der Waals surface area contributed by atoms with Crippen LogP contribution in [0, 0.1) is 13.8 Å². The lowest BCUT2D eigenvalue weighted by molar-refractivity contribution is 0.393. The van der Waals surface area contributed by atoms with Gasteiger partial charge in [0.15, 0.2) is 0 Å². The molecule has 134 valence electrons. The highest BCUT2D eigenvalue weighted by atomic mass is 16.5. The minimum Gasteiger partial charge on any atom is -0.404 e. The molecule has 2 aromatic heterocycles. The Bertz CT molecular complexity index is 1030. The van der Waals surface area contributed by atoms with Gasteiger partial charge in [-0.1, -0.05) is 5.16 Å². The van der Waals surface area contributed by atoms with Crippen LogP contribution >= 0.6 is 0 Å². The average molecular weight is 349 g/mol. The standard InChI is InChI=1S/C20H23N5O/c1-10(9-21)18(22-4)15-7-14(17-11(2)25-26-12(17)3)8-16-19(15)24-20(23-16)13-5-6-13/h7-9,13H,5-6,21H2,1-4H3,(H,23,24). The van der Waals surface area contributed by atoms with Crippen LogP contribution in [0.2, 0.25) is 0 Å². The van der Waals surface area contributed by atoms with Crippen molar-refractivity contribution in [3.05, 3.63) is 46.7 Å². The third-order valence-electron chi connectivity index (χ3n) is 4.99. The summed E-state index contributed by atoms with van der Waals surface area (Å²) in [5, 5.41) is 4.10. The highest BCUT2D eigenvalue weighted by Gasteiger charge is 2.28. The number of nitrogens with one attached hydrogen (secondary N) is 1. The first-order valence-corrected chi connectivity index (χ1v) is 8.86. The van der Waals surface area contributed by atoms with Crippen LogP contribution in [0.15, 0.2) is 33.4 Å². The summed E-state index contributed by atoms with van der Waals surface area (Å²) in [4.78, 5) is 12.9. The van der Waals surface area contributed by atoms with Crippen LogP contribution in [0.3, 0.4) is 0 Å². The van der Waals surface area contributed by atoms with E-state index in [1.165, 1.54) is 12.8 Å². The van der Waals surface area contributed by atoms with Crippen molar-refractivity contribution in [2.24, 2.45) is 10.7 Å². The normalized spacial score (nSPS) is 15.8. The fourth-order valence-electron chi connectivity index (χ4n) is 3.49. The van der Waals surface area contributed by atoms with E-state index in [9.17, 15) is 0 Å². The van der Waals surface area contributed by atoms with Gasteiger partial charge in [0, 0.05) is 24.1 Å². The van der Waals surface area contributed by atoms with Gasteiger partial charge >= 0.3 is 0 Å². The number of hydrogen-bond donors (Lipinski definition) is 2. The lowest BCUT2D eigenvalue weighted by atomic mass is 9.96. The van der Waals surface area contributed by atoms with Gasteiger partial charge in [-0.3, -0.25) is 4.99 Å². The van der Waals surface area contributed by atoms with Crippen LogP contribution in [0.5, 0.6) is 0 Å². The molecule has 1 aliphatic rings.